The molecule has 0 N–H and O–H groups in total. The van der Waals surface area contributed by atoms with Gasteiger partial charge >= 0.3 is 11.9 Å². The van der Waals surface area contributed by atoms with Gasteiger partial charge in [-0.15, -0.1) is 23.2 Å². The Bertz CT molecular complexity index is 177. The Kier molecular flexibility index (Phi) is 9.73. The summed E-state index contributed by atoms with van der Waals surface area (Å²) in [5.74, 6) is -0.130. The molecule has 0 radical (unpaired) electrons. The lowest BCUT2D eigenvalue weighted by molar-refractivity contribution is -0.144. The SMILES string of the molecule is O=C(CCCC(=O)OCCCl)OCCCl. The van der Waals surface area contributed by atoms with Crippen LogP contribution in [-0.4, -0.2) is 36.9 Å². The number of rotatable bonds is 8. The Morgan fingerprint density at radius 3 is 1.60 bits per heavy atom. The fourth-order valence-electron chi connectivity index (χ4n) is 0.826. The number of hydrogen-bond acceptors (Lipinski definition) is 4. The van der Waals surface area contributed by atoms with E-state index in [2.05, 4.69) is 0 Å². The van der Waals surface area contributed by atoms with E-state index in [0.717, 1.165) is 0 Å². The molecule has 0 fully saturated rings. The van der Waals surface area contributed by atoms with Crippen molar-refractivity contribution in [2.75, 3.05) is 25.0 Å². The summed E-state index contributed by atoms with van der Waals surface area (Å²) in [5.41, 5.74) is 0. The van der Waals surface area contributed by atoms with Crippen molar-refractivity contribution in [1.82, 2.24) is 0 Å². The zero-order valence-electron chi connectivity index (χ0n) is 8.34. The maximum atomic E-state index is 10.9. The van der Waals surface area contributed by atoms with Crippen molar-refractivity contribution < 1.29 is 19.1 Å². The van der Waals surface area contributed by atoms with Crippen molar-refractivity contribution >= 4 is 35.1 Å². The van der Waals surface area contributed by atoms with Gasteiger partial charge in [-0.1, -0.05) is 0 Å². The number of ether oxygens (including phenoxy) is 2. The highest BCUT2D eigenvalue weighted by Gasteiger charge is 2.06. The van der Waals surface area contributed by atoms with E-state index in [-0.39, 0.29) is 49.8 Å². The first kappa shape index (κ1) is 14.5. The lowest BCUT2D eigenvalue weighted by Crippen LogP contribution is -2.10. The normalized spacial score (nSPS) is 9.73. The topological polar surface area (TPSA) is 52.6 Å². The molecular weight excluding hydrogens is 243 g/mol. The second-order valence-electron chi connectivity index (χ2n) is 2.67. The van der Waals surface area contributed by atoms with Crippen molar-refractivity contribution in [2.24, 2.45) is 0 Å². The lowest BCUT2D eigenvalue weighted by atomic mass is 10.2. The van der Waals surface area contributed by atoms with Crippen LogP contribution >= 0.6 is 23.2 Å². The van der Waals surface area contributed by atoms with Crippen molar-refractivity contribution in [3.05, 3.63) is 0 Å². The third-order valence-corrected chi connectivity index (χ3v) is 1.75. The molecule has 0 aliphatic heterocycles. The fourth-order valence-corrected chi connectivity index (χ4v) is 0.981. The lowest BCUT2D eigenvalue weighted by Gasteiger charge is -2.03. The highest BCUT2D eigenvalue weighted by Crippen LogP contribution is 2.00. The number of hydrogen-bond donors (Lipinski definition) is 0. The van der Waals surface area contributed by atoms with Crippen molar-refractivity contribution in [1.29, 1.82) is 0 Å². The molecule has 0 heterocycles. The van der Waals surface area contributed by atoms with Gasteiger partial charge in [0, 0.05) is 12.8 Å². The average molecular weight is 257 g/mol. The molecule has 88 valence electrons. The molecule has 0 amide bonds. The zero-order valence-corrected chi connectivity index (χ0v) is 9.85. The summed E-state index contributed by atoms with van der Waals surface area (Å²) in [7, 11) is 0. The summed E-state index contributed by atoms with van der Waals surface area (Å²) in [5, 5.41) is 0. The van der Waals surface area contributed by atoms with Gasteiger partial charge in [0.15, 0.2) is 0 Å². The fraction of sp³-hybridized carbons (Fsp3) is 0.778. The Balaban J connectivity index is 3.36. The molecule has 0 aromatic rings. The van der Waals surface area contributed by atoms with Gasteiger partial charge in [0.2, 0.25) is 0 Å². The number of alkyl halides is 2. The van der Waals surface area contributed by atoms with Crippen LogP contribution in [0.2, 0.25) is 0 Å². The van der Waals surface area contributed by atoms with E-state index in [1.54, 1.807) is 0 Å². The molecule has 6 heteroatoms. The monoisotopic (exact) mass is 256 g/mol. The molecule has 0 aliphatic rings. The molecule has 0 rings (SSSR count). The molecule has 0 aromatic heterocycles. The minimum atomic E-state index is -0.346. The summed E-state index contributed by atoms with van der Waals surface area (Å²) in [6.07, 6.45) is 0.821. The first-order chi connectivity index (χ1) is 7.20. The summed E-state index contributed by atoms with van der Waals surface area (Å²) in [6, 6.07) is 0. The minimum Gasteiger partial charge on any atom is -0.464 e. The maximum absolute atomic E-state index is 10.9. The molecule has 0 unspecified atom stereocenters. The molecule has 0 atom stereocenters. The van der Waals surface area contributed by atoms with Crippen LogP contribution in [0.4, 0.5) is 0 Å². The van der Waals surface area contributed by atoms with Crippen LogP contribution in [0.25, 0.3) is 0 Å². The average Bonchev–Trinajstić information content (AvgIpc) is 2.23. The largest absolute Gasteiger partial charge is 0.464 e. The second kappa shape index (κ2) is 10.1. The van der Waals surface area contributed by atoms with Crippen LogP contribution in [0.5, 0.6) is 0 Å². The third-order valence-electron chi connectivity index (χ3n) is 1.44. The van der Waals surface area contributed by atoms with Gasteiger partial charge in [-0.05, 0) is 6.42 Å². The van der Waals surface area contributed by atoms with Crippen LogP contribution < -0.4 is 0 Å². The van der Waals surface area contributed by atoms with Crippen molar-refractivity contribution in [3.8, 4) is 0 Å². The van der Waals surface area contributed by atoms with E-state index in [4.69, 9.17) is 32.7 Å². The molecule has 0 saturated carbocycles. The Morgan fingerprint density at radius 1 is 0.867 bits per heavy atom. The summed E-state index contributed by atoms with van der Waals surface area (Å²) in [4.78, 5) is 21.9. The Hall–Kier alpha value is -0.480. The summed E-state index contributed by atoms with van der Waals surface area (Å²) >= 11 is 10.6. The maximum Gasteiger partial charge on any atom is 0.305 e. The quantitative estimate of drug-likeness (QED) is 0.490. The van der Waals surface area contributed by atoms with Gasteiger partial charge in [-0.25, -0.2) is 0 Å². The zero-order chi connectivity index (χ0) is 11.5. The summed E-state index contributed by atoms with van der Waals surface area (Å²) < 4.78 is 9.42. The van der Waals surface area contributed by atoms with Gasteiger partial charge in [0.25, 0.3) is 0 Å². The predicted molar refractivity (Wildman–Crippen MR) is 57.2 cm³/mol. The van der Waals surface area contributed by atoms with Crippen LogP contribution in [0.1, 0.15) is 19.3 Å². The van der Waals surface area contributed by atoms with Gasteiger partial charge in [-0.2, -0.15) is 0 Å². The molecule has 0 bridgehead atoms. The highest BCUT2D eigenvalue weighted by atomic mass is 35.5. The second-order valence-corrected chi connectivity index (χ2v) is 3.43. The molecule has 0 saturated heterocycles. The van der Waals surface area contributed by atoms with Gasteiger partial charge < -0.3 is 9.47 Å². The van der Waals surface area contributed by atoms with Gasteiger partial charge in [0.1, 0.15) is 13.2 Å². The van der Waals surface area contributed by atoms with E-state index in [1.165, 1.54) is 0 Å². The molecule has 15 heavy (non-hydrogen) atoms. The van der Waals surface area contributed by atoms with E-state index in [0.29, 0.717) is 6.42 Å². The summed E-state index contributed by atoms with van der Waals surface area (Å²) in [6.45, 7) is 0.411. The molecular formula is C9H14Cl2O4. The Morgan fingerprint density at radius 2 is 1.27 bits per heavy atom. The van der Waals surface area contributed by atoms with E-state index in [9.17, 15) is 9.59 Å². The predicted octanol–water partition coefficient (Wildman–Crippen LogP) is 1.72. The number of carbonyl (C=O) groups excluding carboxylic acids is 2. The number of esters is 2. The molecule has 0 aliphatic carbocycles. The first-order valence-corrected chi connectivity index (χ1v) is 5.70. The van der Waals surface area contributed by atoms with Gasteiger partial charge in [0.05, 0.1) is 11.8 Å². The van der Waals surface area contributed by atoms with Crippen molar-refractivity contribution in [3.63, 3.8) is 0 Å². The smallest absolute Gasteiger partial charge is 0.305 e. The molecule has 4 nitrogen and oxygen atoms in total. The third kappa shape index (κ3) is 9.82. The van der Waals surface area contributed by atoms with Crippen LogP contribution in [0, 0.1) is 0 Å². The Labute approximate surface area is 98.8 Å². The van der Waals surface area contributed by atoms with Crippen LogP contribution in [-0.2, 0) is 19.1 Å². The van der Waals surface area contributed by atoms with E-state index in [1.807, 2.05) is 0 Å². The standard InChI is InChI=1S/C9H14Cl2O4/c10-4-6-14-8(12)2-1-3-9(13)15-7-5-11/h1-7H2. The number of halogens is 2. The molecule has 0 spiro atoms. The van der Waals surface area contributed by atoms with E-state index >= 15 is 0 Å². The van der Waals surface area contributed by atoms with Crippen molar-refractivity contribution in [2.45, 2.75) is 19.3 Å². The highest BCUT2D eigenvalue weighted by molar-refractivity contribution is 6.18. The van der Waals surface area contributed by atoms with Crippen LogP contribution in [0.15, 0.2) is 0 Å². The van der Waals surface area contributed by atoms with Gasteiger partial charge in [-0.3, -0.25) is 9.59 Å². The first-order valence-electron chi connectivity index (χ1n) is 4.64. The van der Waals surface area contributed by atoms with Crippen LogP contribution in [0.3, 0.4) is 0 Å². The number of carbonyl (C=O) groups is 2. The minimum absolute atomic E-state index is 0.201. The van der Waals surface area contributed by atoms with E-state index < -0.39 is 0 Å². The molecule has 0 aromatic carbocycles.